The van der Waals surface area contributed by atoms with Gasteiger partial charge in [0, 0.05) is 13.0 Å². The van der Waals surface area contributed by atoms with Gasteiger partial charge in [-0.3, -0.25) is 13.8 Å². The van der Waals surface area contributed by atoms with Crippen LogP contribution in [-0.2, 0) is 27.9 Å². The molecule has 0 aliphatic heterocycles. The maximum Gasteiger partial charge on any atom is 0.472 e. The molecule has 1 N–H and O–H groups in total. The molecule has 9 heteroatoms. The number of phosphoric acid groups is 1. The van der Waals surface area contributed by atoms with Crippen molar-refractivity contribution in [3.63, 3.8) is 0 Å². The fourth-order valence-electron chi connectivity index (χ4n) is 5.59. The number of phosphoric ester groups is 1. The van der Waals surface area contributed by atoms with Crippen molar-refractivity contribution >= 4 is 13.8 Å². The van der Waals surface area contributed by atoms with Crippen molar-refractivity contribution in [2.75, 3.05) is 54.1 Å². The summed E-state index contributed by atoms with van der Waals surface area (Å²) in [6.45, 7) is 5.37. The van der Waals surface area contributed by atoms with Crippen molar-refractivity contribution in [3.8, 4) is 0 Å². The van der Waals surface area contributed by atoms with Crippen LogP contribution in [0.1, 0.15) is 155 Å². The van der Waals surface area contributed by atoms with Crippen LogP contribution in [0, 0.1) is 0 Å². The lowest BCUT2D eigenvalue weighted by atomic mass is 10.1. The first kappa shape index (κ1) is 56.4. The molecular weight excluding hydrogens is 758 g/mol. The zero-order valence-corrected chi connectivity index (χ0v) is 39.1. The Balaban J connectivity index is 4.36. The second-order valence-electron chi connectivity index (χ2n) is 16.0. The summed E-state index contributed by atoms with van der Waals surface area (Å²) in [4.78, 5) is 22.9. The molecule has 2 unspecified atom stereocenters. The molecule has 0 bridgehead atoms. The Labute approximate surface area is 362 Å². The Kier molecular flexibility index (Phi) is 40.3. The fourth-order valence-corrected chi connectivity index (χ4v) is 6.33. The van der Waals surface area contributed by atoms with Crippen LogP contribution >= 0.6 is 7.82 Å². The summed E-state index contributed by atoms with van der Waals surface area (Å²) in [5, 5.41) is 0. The first-order valence-corrected chi connectivity index (χ1v) is 24.5. The maximum absolute atomic E-state index is 12.7. The van der Waals surface area contributed by atoms with Crippen molar-refractivity contribution in [1.29, 1.82) is 0 Å². The lowest BCUT2D eigenvalue weighted by Gasteiger charge is -2.24. The number of ether oxygens (including phenoxy) is 2. The lowest BCUT2D eigenvalue weighted by Crippen LogP contribution is -2.37. The van der Waals surface area contributed by atoms with Crippen LogP contribution < -0.4 is 0 Å². The SMILES string of the molecule is CC/C=C\C/C=C\C/C=C\C/C=C\C/C=C\C/C=C\C/C=C\CCCC(=O)OC(COCCCCCCCC/C=C\CCCCCC)COP(=O)(O)OCC[N+](C)(C)C. The Morgan fingerprint density at radius 2 is 0.983 bits per heavy atom. The number of nitrogens with zero attached hydrogens (tertiary/aromatic N) is 1. The summed E-state index contributed by atoms with van der Waals surface area (Å²) in [5.74, 6) is -0.377. The smallest absolute Gasteiger partial charge is 0.457 e. The maximum atomic E-state index is 12.7. The molecular formula is C50H87NO7P+. The topological polar surface area (TPSA) is 91.3 Å². The van der Waals surface area contributed by atoms with E-state index in [1.165, 1.54) is 64.2 Å². The van der Waals surface area contributed by atoms with Gasteiger partial charge < -0.3 is 18.9 Å². The summed E-state index contributed by atoms with van der Waals surface area (Å²) < 4.78 is 34.9. The van der Waals surface area contributed by atoms with Gasteiger partial charge in [0.15, 0.2) is 0 Å². The van der Waals surface area contributed by atoms with E-state index in [0.29, 0.717) is 24.1 Å². The molecule has 8 nitrogen and oxygen atoms in total. The van der Waals surface area contributed by atoms with Crippen molar-refractivity contribution in [1.82, 2.24) is 0 Å². The molecule has 0 radical (unpaired) electrons. The van der Waals surface area contributed by atoms with E-state index in [-0.39, 0.29) is 32.2 Å². The van der Waals surface area contributed by atoms with Gasteiger partial charge >= 0.3 is 13.8 Å². The summed E-state index contributed by atoms with van der Waals surface area (Å²) in [5.41, 5.74) is 0. The molecule has 0 aromatic carbocycles. The highest BCUT2D eigenvalue weighted by atomic mass is 31.2. The van der Waals surface area contributed by atoms with Gasteiger partial charge in [-0.15, -0.1) is 0 Å². The fraction of sp³-hybridized carbons (Fsp3) is 0.660. The van der Waals surface area contributed by atoms with Crippen molar-refractivity contribution in [2.24, 2.45) is 0 Å². The number of esters is 1. The third-order valence-corrected chi connectivity index (χ3v) is 10.1. The van der Waals surface area contributed by atoms with Gasteiger partial charge in [-0.25, -0.2) is 4.57 Å². The van der Waals surface area contributed by atoms with Crippen LogP contribution in [0.2, 0.25) is 0 Å². The van der Waals surface area contributed by atoms with Crippen LogP contribution in [0.15, 0.2) is 97.2 Å². The standard InChI is InChI=1S/C50H86NO7P/c1-6-8-10-12-14-16-18-20-22-23-24-25-26-27-28-29-30-31-33-35-37-39-41-43-50(52)58-49(48-57-59(53,54)56-46-44-51(3,4)5)47-55-45-42-40-38-36-34-32-21-19-17-15-13-11-9-7-2/h8,10,14,16-17,19-20,22,24-25,27-28,30-31,35,37,49H,6-7,9,11-13,15,18,21,23,26,29,32-34,36,38-48H2,1-5H3/p+1/b10-8-,16-14-,19-17-,22-20-,25-24-,28-27-,31-30-,37-35-. The van der Waals surface area contributed by atoms with Gasteiger partial charge in [0.2, 0.25) is 0 Å². The second kappa shape index (κ2) is 42.1. The monoisotopic (exact) mass is 845 g/mol. The van der Waals surface area contributed by atoms with Crippen molar-refractivity contribution in [3.05, 3.63) is 97.2 Å². The number of likely N-dealkylation sites (N-methyl/N-ethyl adjacent to an activating group) is 1. The van der Waals surface area contributed by atoms with Crippen LogP contribution in [0.5, 0.6) is 0 Å². The second-order valence-corrected chi connectivity index (χ2v) is 17.5. The molecule has 0 fully saturated rings. The summed E-state index contributed by atoms with van der Waals surface area (Å²) in [7, 11) is 1.61. The quantitative estimate of drug-likeness (QED) is 0.0215. The number of allylic oxidation sites excluding steroid dienone is 16. The molecule has 338 valence electrons. The number of hydrogen-bond donors (Lipinski definition) is 1. The average molecular weight is 845 g/mol. The van der Waals surface area contributed by atoms with E-state index in [1.54, 1.807) is 0 Å². The Hall–Kier alpha value is -2.58. The molecule has 0 rings (SSSR count). The highest BCUT2D eigenvalue weighted by Gasteiger charge is 2.26. The Morgan fingerprint density at radius 3 is 1.49 bits per heavy atom. The summed E-state index contributed by atoms with van der Waals surface area (Å²) >= 11 is 0. The lowest BCUT2D eigenvalue weighted by molar-refractivity contribution is -0.870. The van der Waals surface area contributed by atoms with E-state index in [4.69, 9.17) is 18.5 Å². The van der Waals surface area contributed by atoms with Gasteiger partial charge in [-0.1, -0.05) is 156 Å². The minimum absolute atomic E-state index is 0.0711. The molecule has 0 aromatic heterocycles. The normalized spacial score (nSPS) is 14.6. The van der Waals surface area contributed by atoms with Crippen molar-refractivity contribution in [2.45, 2.75) is 161 Å². The molecule has 0 aromatic rings. The summed E-state index contributed by atoms with van der Waals surface area (Å²) in [6.07, 6.45) is 57.4. The Bertz CT molecular complexity index is 1260. The largest absolute Gasteiger partial charge is 0.472 e. The number of carbonyl (C=O) groups excluding carboxylic acids is 1. The first-order valence-electron chi connectivity index (χ1n) is 23.0. The van der Waals surface area contributed by atoms with Gasteiger partial charge in [-0.05, 0) is 89.9 Å². The van der Waals surface area contributed by atoms with Gasteiger partial charge in [0.1, 0.15) is 19.3 Å². The highest BCUT2D eigenvalue weighted by Crippen LogP contribution is 2.43. The first-order chi connectivity index (χ1) is 28.6. The zero-order valence-electron chi connectivity index (χ0n) is 38.2. The van der Waals surface area contributed by atoms with E-state index < -0.39 is 13.9 Å². The Morgan fingerprint density at radius 1 is 0.542 bits per heavy atom. The van der Waals surface area contributed by atoms with Gasteiger partial charge in [-0.2, -0.15) is 0 Å². The van der Waals surface area contributed by atoms with Gasteiger partial charge in [0.05, 0.1) is 34.4 Å². The minimum Gasteiger partial charge on any atom is -0.457 e. The average Bonchev–Trinajstić information content (AvgIpc) is 3.19. The molecule has 59 heavy (non-hydrogen) atoms. The van der Waals surface area contributed by atoms with E-state index >= 15 is 0 Å². The van der Waals surface area contributed by atoms with Gasteiger partial charge in [0.25, 0.3) is 0 Å². The molecule has 0 saturated heterocycles. The molecule has 0 amide bonds. The van der Waals surface area contributed by atoms with E-state index in [1.807, 2.05) is 21.1 Å². The van der Waals surface area contributed by atoms with E-state index in [2.05, 4.69) is 111 Å². The molecule has 2 atom stereocenters. The summed E-state index contributed by atoms with van der Waals surface area (Å²) in [6, 6.07) is 0. The molecule has 0 spiro atoms. The van der Waals surface area contributed by atoms with E-state index in [0.717, 1.165) is 64.2 Å². The number of carbonyl (C=O) groups is 1. The van der Waals surface area contributed by atoms with Crippen LogP contribution in [0.25, 0.3) is 0 Å². The van der Waals surface area contributed by atoms with Crippen LogP contribution in [0.4, 0.5) is 0 Å². The number of quaternary nitrogens is 1. The molecule has 0 heterocycles. The van der Waals surface area contributed by atoms with E-state index in [9.17, 15) is 14.3 Å². The number of hydrogen-bond acceptors (Lipinski definition) is 6. The zero-order chi connectivity index (χ0) is 43.4. The predicted octanol–water partition coefficient (Wildman–Crippen LogP) is 13.8. The third-order valence-electron chi connectivity index (χ3n) is 9.13. The van der Waals surface area contributed by atoms with Crippen molar-refractivity contribution < 1.29 is 37.3 Å². The number of unbranched alkanes of at least 4 members (excludes halogenated alkanes) is 11. The number of rotatable bonds is 41. The predicted molar refractivity (Wildman–Crippen MR) is 251 cm³/mol. The van der Waals surface area contributed by atoms with Crippen LogP contribution in [0.3, 0.4) is 0 Å². The molecule has 0 aliphatic rings. The molecule has 0 saturated carbocycles. The minimum atomic E-state index is -4.30. The third kappa shape index (κ3) is 46.3. The molecule has 0 aliphatic carbocycles. The van der Waals surface area contributed by atoms with Crippen LogP contribution in [-0.4, -0.2) is 75.6 Å². The highest BCUT2D eigenvalue weighted by molar-refractivity contribution is 7.47.